The Morgan fingerprint density at radius 3 is 2.73 bits per heavy atom. The number of nitrogens with one attached hydrogen (secondary N) is 2. The Labute approximate surface area is 175 Å². The average molecular weight is 475 g/mol. The average Bonchev–Trinajstić information content (AvgIpc) is 2.61. The van der Waals surface area contributed by atoms with Crippen molar-refractivity contribution in [3.05, 3.63) is 41.5 Å². The third-order valence-corrected chi connectivity index (χ3v) is 3.56. The molecule has 0 saturated heterocycles. The fraction of sp³-hybridized carbons (Fsp3) is 0.550. The van der Waals surface area contributed by atoms with E-state index in [9.17, 15) is 0 Å². The van der Waals surface area contributed by atoms with Gasteiger partial charge in [0.25, 0.3) is 0 Å². The molecule has 0 spiro atoms. The number of hydrogen-bond acceptors (Lipinski definition) is 3. The molecule has 1 aromatic rings. The molecule has 0 heterocycles. The molecule has 6 heteroatoms. The second kappa shape index (κ2) is 15.9. The summed E-state index contributed by atoms with van der Waals surface area (Å²) in [4.78, 5) is 4.68. The molecule has 1 aromatic carbocycles. The Balaban J connectivity index is 0.00000625. The topological polar surface area (TPSA) is 54.9 Å². The zero-order valence-corrected chi connectivity index (χ0v) is 18.8. The number of allylic oxidation sites excluding steroid dienone is 1. The van der Waals surface area contributed by atoms with Gasteiger partial charge in [-0.15, -0.1) is 24.0 Å². The zero-order valence-electron chi connectivity index (χ0n) is 16.5. The SMILES string of the molecule is C/C=C/CCNC(=NCc1ccc(C)cc1OCCCOC)NCC.I. The highest BCUT2D eigenvalue weighted by Gasteiger charge is 2.05. The highest BCUT2D eigenvalue weighted by molar-refractivity contribution is 14.0. The van der Waals surface area contributed by atoms with Crippen molar-refractivity contribution in [2.24, 2.45) is 4.99 Å². The van der Waals surface area contributed by atoms with E-state index in [2.05, 4.69) is 59.8 Å². The highest BCUT2D eigenvalue weighted by Crippen LogP contribution is 2.21. The summed E-state index contributed by atoms with van der Waals surface area (Å²) in [5, 5.41) is 6.62. The molecule has 0 aliphatic heterocycles. The van der Waals surface area contributed by atoms with Crippen LogP contribution in [-0.4, -0.2) is 39.4 Å². The summed E-state index contributed by atoms with van der Waals surface area (Å²) in [6, 6.07) is 6.26. The van der Waals surface area contributed by atoms with Crippen molar-refractivity contribution in [1.29, 1.82) is 0 Å². The van der Waals surface area contributed by atoms with Crippen molar-refractivity contribution >= 4 is 29.9 Å². The number of aliphatic imine (C=N–C) groups is 1. The third kappa shape index (κ3) is 10.7. The van der Waals surface area contributed by atoms with Gasteiger partial charge in [0.2, 0.25) is 0 Å². The molecule has 0 unspecified atom stereocenters. The van der Waals surface area contributed by atoms with E-state index in [1.807, 2.05) is 6.92 Å². The second-order valence-electron chi connectivity index (χ2n) is 5.79. The van der Waals surface area contributed by atoms with Crippen molar-refractivity contribution in [3.8, 4) is 5.75 Å². The van der Waals surface area contributed by atoms with Gasteiger partial charge in [-0.3, -0.25) is 0 Å². The van der Waals surface area contributed by atoms with Crippen LogP contribution in [0.1, 0.15) is 37.8 Å². The van der Waals surface area contributed by atoms with E-state index < -0.39 is 0 Å². The maximum absolute atomic E-state index is 5.93. The lowest BCUT2D eigenvalue weighted by Crippen LogP contribution is -2.37. The van der Waals surface area contributed by atoms with Crippen LogP contribution in [0, 0.1) is 6.92 Å². The largest absolute Gasteiger partial charge is 0.493 e. The predicted octanol–water partition coefficient (Wildman–Crippen LogP) is 4.05. The molecule has 26 heavy (non-hydrogen) atoms. The van der Waals surface area contributed by atoms with Gasteiger partial charge in [-0.1, -0.05) is 24.3 Å². The van der Waals surface area contributed by atoms with Crippen LogP contribution in [-0.2, 0) is 11.3 Å². The Bertz CT molecular complexity index is 548. The number of aryl methyl sites for hydroxylation is 1. The molecule has 0 amide bonds. The number of benzene rings is 1. The van der Waals surface area contributed by atoms with Crippen LogP contribution in [0.15, 0.2) is 35.3 Å². The number of ether oxygens (including phenoxy) is 2. The maximum atomic E-state index is 5.93. The van der Waals surface area contributed by atoms with Crippen molar-refractivity contribution in [3.63, 3.8) is 0 Å². The Morgan fingerprint density at radius 2 is 2.04 bits per heavy atom. The summed E-state index contributed by atoms with van der Waals surface area (Å²) in [5.41, 5.74) is 2.28. The normalized spacial score (nSPS) is 11.3. The van der Waals surface area contributed by atoms with Gasteiger partial charge < -0.3 is 20.1 Å². The van der Waals surface area contributed by atoms with Gasteiger partial charge in [-0.25, -0.2) is 4.99 Å². The summed E-state index contributed by atoms with van der Waals surface area (Å²) in [7, 11) is 1.71. The fourth-order valence-electron chi connectivity index (χ4n) is 2.26. The van der Waals surface area contributed by atoms with Gasteiger partial charge in [0, 0.05) is 38.8 Å². The summed E-state index contributed by atoms with van der Waals surface area (Å²) in [6.45, 7) is 9.81. The predicted molar refractivity (Wildman–Crippen MR) is 121 cm³/mol. The summed E-state index contributed by atoms with van der Waals surface area (Å²) in [6.07, 6.45) is 6.06. The first-order valence-corrected chi connectivity index (χ1v) is 9.05. The lowest BCUT2D eigenvalue weighted by molar-refractivity contribution is 0.172. The molecular weight excluding hydrogens is 441 g/mol. The van der Waals surface area contributed by atoms with E-state index in [4.69, 9.17) is 9.47 Å². The number of hydrogen-bond donors (Lipinski definition) is 2. The third-order valence-electron chi connectivity index (χ3n) is 3.56. The van der Waals surface area contributed by atoms with Crippen LogP contribution < -0.4 is 15.4 Å². The molecule has 2 N–H and O–H groups in total. The van der Waals surface area contributed by atoms with Crippen molar-refractivity contribution in [1.82, 2.24) is 10.6 Å². The number of rotatable bonds is 11. The monoisotopic (exact) mass is 475 g/mol. The first-order valence-electron chi connectivity index (χ1n) is 9.05. The molecule has 0 radical (unpaired) electrons. The van der Waals surface area contributed by atoms with Gasteiger partial charge in [0.1, 0.15) is 5.75 Å². The fourth-order valence-corrected chi connectivity index (χ4v) is 2.26. The van der Waals surface area contributed by atoms with E-state index >= 15 is 0 Å². The lowest BCUT2D eigenvalue weighted by Gasteiger charge is -2.13. The minimum Gasteiger partial charge on any atom is -0.493 e. The zero-order chi connectivity index (χ0) is 18.3. The second-order valence-corrected chi connectivity index (χ2v) is 5.79. The van der Waals surface area contributed by atoms with Crippen molar-refractivity contribution in [2.45, 2.75) is 40.2 Å². The Kier molecular flexibility index (Phi) is 15.2. The molecule has 148 valence electrons. The minimum absolute atomic E-state index is 0. The van der Waals surface area contributed by atoms with Crippen LogP contribution in [0.5, 0.6) is 5.75 Å². The van der Waals surface area contributed by atoms with Gasteiger partial charge in [0.15, 0.2) is 5.96 Å². The number of halogens is 1. The minimum atomic E-state index is 0. The van der Waals surface area contributed by atoms with E-state index in [1.165, 1.54) is 5.56 Å². The summed E-state index contributed by atoms with van der Waals surface area (Å²) in [5.74, 6) is 1.74. The molecule has 5 nitrogen and oxygen atoms in total. The Hall–Kier alpha value is -1.28. The molecule has 0 atom stereocenters. The maximum Gasteiger partial charge on any atom is 0.191 e. The van der Waals surface area contributed by atoms with Gasteiger partial charge >= 0.3 is 0 Å². The van der Waals surface area contributed by atoms with E-state index in [-0.39, 0.29) is 24.0 Å². The highest BCUT2D eigenvalue weighted by atomic mass is 127. The van der Waals surface area contributed by atoms with Crippen molar-refractivity contribution < 1.29 is 9.47 Å². The first kappa shape index (κ1) is 24.7. The van der Waals surface area contributed by atoms with Crippen LogP contribution in [0.4, 0.5) is 0 Å². The molecule has 0 bridgehead atoms. The number of nitrogens with zero attached hydrogens (tertiary/aromatic N) is 1. The molecule has 0 saturated carbocycles. The van der Waals surface area contributed by atoms with Crippen LogP contribution in [0.3, 0.4) is 0 Å². The summed E-state index contributed by atoms with van der Waals surface area (Å²) >= 11 is 0. The van der Waals surface area contributed by atoms with Crippen LogP contribution >= 0.6 is 24.0 Å². The standard InChI is InChI=1S/C20H33N3O2.HI/c1-5-7-8-12-22-20(21-6-2)23-16-18-11-10-17(3)15-19(18)25-14-9-13-24-4;/h5,7,10-11,15H,6,8-9,12-14,16H2,1-4H3,(H2,21,22,23);1H/b7-5+;. The van der Waals surface area contributed by atoms with Crippen LogP contribution in [0.25, 0.3) is 0 Å². The smallest absolute Gasteiger partial charge is 0.191 e. The van der Waals surface area contributed by atoms with E-state index in [0.29, 0.717) is 19.8 Å². The molecular formula is C20H34IN3O2. The van der Waals surface area contributed by atoms with Gasteiger partial charge in [0.05, 0.1) is 13.2 Å². The number of guanidine groups is 1. The summed E-state index contributed by atoms with van der Waals surface area (Å²) < 4.78 is 11.0. The Morgan fingerprint density at radius 1 is 1.23 bits per heavy atom. The molecule has 0 aliphatic carbocycles. The molecule has 1 rings (SSSR count). The van der Waals surface area contributed by atoms with E-state index in [0.717, 1.165) is 43.2 Å². The van der Waals surface area contributed by atoms with Gasteiger partial charge in [-0.05, 0) is 38.8 Å². The quantitative estimate of drug-likeness (QED) is 0.167. The first-order chi connectivity index (χ1) is 12.2. The van der Waals surface area contributed by atoms with Gasteiger partial charge in [-0.2, -0.15) is 0 Å². The number of methoxy groups -OCH3 is 1. The molecule has 0 aliphatic rings. The molecule has 0 fully saturated rings. The lowest BCUT2D eigenvalue weighted by atomic mass is 10.1. The van der Waals surface area contributed by atoms with E-state index in [1.54, 1.807) is 7.11 Å². The molecule has 0 aromatic heterocycles. The van der Waals surface area contributed by atoms with Crippen LogP contribution in [0.2, 0.25) is 0 Å². The van der Waals surface area contributed by atoms with Crippen molar-refractivity contribution in [2.75, 3.05) is 33.4 Å².